The Morgan fingerprint density at radius 1 is 1.17 bits per heavy atom. The monoisotopic (exact) mass is 340 g/mol. The van der Waals surface area contributed by atoms with Crippen molar-refractivity contribution in [1.29, 1.82) is 0 Å². The number of carbonyl (C=O) groups excluding carboxylic acids is 2. The number of benzene rings is 1. The Kier molecular flexibility index (Phi) is 4.26. The van der Waals surface area contributed by atoms with Crippen LogP contribution in [0.3, 0.4) is 0 Å². The number of hydrogen-bond acceptors (Lipinski definition) is 5. The molecule has 3 rings (SSSR count). The average Bonchev–Trinajstić information content (AvgIpc) is 3.14. The van der Waals surface area contributed by atoms with Gasteiger partial charge in [0, 0.05) is 23.6 Å². The van der Waals surface area contributed by atoms with E-state index in [1.165, 1.54) is 18.3 Å². The minimum absolute atomic E-state index is 0.124. The van der Waals surface area contributed by atoms with Crippen LogP contribution < -0.4 is 5.32 Å². The standard InChI is InChI=1S/C17H16N4O2S/c1-10-8-11(2)21(20-10)14-6-4-13(5-7-14)16(23)19-17-18-15(9-24-17)12(3)22/h4-9H,1-3H3,(H,18,19,23). The smallest absolute Gasteiger partial charge is 0.257 e. The Morgan fingerprint density at radius 3 is 2.42 bits per heavy atom. The Morgan fingerprint density at radius 2 is 1.88 bits per heavy atom. The zero-order valence-corrected chi connectivity index (χ0v) is 14.3. The van der Waals surface area contributed by atoms with E-state index in [4.69, 9.17) is 0 Å². The molecule has 3 aromatic rings. The molecule has 2 aromatic heterocycles. The van der Waals surface area contributed by atoms with E-state index in [-0.39, 0.29) is 11.7 Å². The van der Waals surface area contributed by atoms with E-state index in [0.29, 0.717) is 16.4 Å². The summed E-state index contributed by atoms with van der Waals surface area (Å²) < 4.78 is 1.83. The maximum Gasteiger partial charge on any atom is 0.257 e. The van der Waals surface area contributed by atoms with E-state index in [1.807, 2.05) is 36.7 Å². The molecule has 2 heterocycles. The largest absolute Gasteiger partial charge is 0.298 e. The third kappa shape index (κ3) is 3.26. The van der Waals surface area contributed by atoms with Crippen LogP contribution in [0, 0.1) is 13.8 Å². The first-order valence-corrected chi connectivity index (χ1v) is 8.23. The van der Waals surface area contributed by atoms with Crippen molar-refractivity contribution in [2.24, 2.45) is 0 Å². The van der Waals surface area contributed by atoms with Crippen LogP contribution in [0.25, 0.3) is 5.69 Å². The van der Waals surface area contributed by atoms with Crippen LogP contribution in [0.2, 0.25) is 0 Å². The molecule has 0 saturated heterocycles. The minimum Gasteiger partial charge on any atom is -0.298 e. The first-order valence-electron chi connectivity index (χ1n) is 7.35. The molecular formula is C17H16N4O2S. The first-order chi connectivity index (χ1) is 11.4. The summed E-state index contributed by atoms with van der Waals surface area (Å²) in [5.74, 6) is -0.389. The third-order valence-electron chi connectivity index (χ3n) is 3.47. The highest BCUT2D eigenvalue weighted by molar-refractivity contribution is 7.14. The summed E-state index contributed by atoms with van der Waals surface area (Å²) >= 11 is 1.23. The van der Waals surface area contributed by atoms with Crippen LogP contribution in [0.15, 0.2) is 35.7 Å². The maximum absolute atomic E-state index is 12.3. The fourth-order valence-electron chi connectivity index (χ4n) is 2.31. The lowest BCUT2D eigenvalue weighted by Crippen LogP contribution is -2.12. The molecule has 7 heteroatoms. The number of carbonyl (C=O) groups is 2. The van der Waals surface area contributed by atoms with Gasteiger partial charge >= 0.3 is 0 Å². The molecular weight excluding hydrogens is 324 g/mol. The van der Waals surface area contributed by atoms with Crippen LogP contribution in [-0.4, -0.2) is 26.5 Å². The quantitative estimate of drug-likeness (QED) is 0.739. The number of amides is 1. The van der Waals surface area contributed by atoms with Gasteiger partial charge in [0.2, 0.25) is 0 Å². The van der Waals surface area contributed by atoms with Crippen molar-refractivity contribution in [3.63, 3.8) is 0 Å². The number of Topliss-reactive ketones (excluding diaryl/α,β-unsaturated/α-hetero) is 1. The van der Waals surface area contributed by atoms with Crippen molar-refractivity contribution in [1.82, 2.24) is 14.8 Å². The molecule has 0 radical (unpaired) electrons. The molecule has 0 aliphatic rings. The molecule has 0 bridgehead atoms. The van der Waals surface area contributed by atoms with Crippen LogP contribution in [0.5, 0.6) is 0 Å². The molecule has 0 saturated carbocycles. The zero-order valence-electron chi connectivity index (χ0n) is 13.5. The zero-order chi connectivity index (χ0) is 17.3. The van der Waals surface area contributed by atoms with E-state index in [2.05, 4.69) is 15.4 Å². The number of rotatable bonds is 4. The summed E-state index contributed by atoms with van der Waals surface area (Å²) in [6.07, 6.45) is 0. The number of nitrogens with zero attached hydrogens (tertiary/aromatic N) is 3. The van der Waals surface area contributed by atoms with Gasteiger partial charge in [0.1, 0.15) is 5.69 Å². The van der Waals surface area contributed by atoms with E-state index in [0.717, 1.165) is 17.1 Å². The number of thiazole rings is 1. The number of nitrogens with one attached hydrogen (secondary N) is 1. The maximum atomic E-state index is 12.3. The van der Waals surface area contributed by atoms with Gasteiger partial charge in [0.25, 0.3) is 5.91 Å². The van der Waals surface area contributed by atoms with Crippen molar-refractivity contribution in [3.8, 4) is 5.69 Å². The summed E-state index contributed by atoms with van der Waals surface area (Å²) in [5.41, 5.74) is 3.74. The van der Waals surface area contributed by atoms with Crippen molar-refractivity contribution in [3.05, 3.63) is 58.4 Å². The van der Waals surface area contributed by atoms with Crippen LogP contribution in [0.4, 0.5) is 5.13 Å². The minimum atomic E-state index is -0.264. The molecule has 122 valence electrons. The molecule has 0 aliphatic heterocycles. The Bertz CT molecular complexity index is 909. The van der Waals surface area contributed by atoms with Crippen LogP contribution in [-0.2, 0) is 0 Å². The average molecular weight is 340 g/mol. The molecule has 1 N–H and O–H groups in total. The predicted molar refractivity (Wildman–Crippen MR) is 93.1 cm³/mol. The Labute approximate surface area is 143 Å². The fourth-order valence-corrected chi connectivity index (χ4v) is 3.05. The van der Waals surface area contributed by atoms with Crippen molar-refractivity contribution in [2.45, 2.75) is 20.8 Å². The summed E-state index contributed by atoms with van der Waals surface area (Å²) in [6.45, 7) is 5.36. The van der Waals surface area contributed by atoms with Gasteiger partial charge in [0.15, 0.2) is 10.9 Å². The molecule has 0 fully saturated rings. The normalized spacial score (nSPS) is 10.6. The number of aromatic nitrogens is 3. The van der Waals surface area contributed by atoms with E-state index in [1.54, 1.807) is 17.5 Å². The fraction of sp³-hybridized carbons (Fsp3) is 0.176. The number of hydrogen-bond donors (Lipinski definition) is 1. The molecule has 1 amide bonds. The molecule has 0 aliphatic carbocycles. The third-order valence-corrected chi connectivity index (χ3v) is 4.23. The van der Waals surface area contributed by atoms with Gasteiger partial charge in [0.05, 0.1) is 11.4 Å². The van der Waals surface area contributed by atoms with Gasteiger partial charge < -0.3 is 0 Å². The van der Waals surface area contributed by atoms with Gasteiger partial charge in [-0.15, -0.1) is 11.3 Å². The summed E-state index contributed by atoms with van der Waals surface area (Å²) in [5, 5.41) is 9.16. The molecule has 24 heavy (non-hydrogen) atoms. The van der Waals surface area contributed by atoms with Crippen molar-refractivity contribution >= 4 is 28.2 Å². The van der Waals surface area contributed by atoms with E-state index >= 15 is 0 Å². The van der Waals surface area contributed by atoms with Gasteiger partial charge in [-0.3, -0.25) is 14.9 Å². The highest BCUT2D eigenvalue weighted by atomic mass is 32.1. The highest BCUT2D eigenvalue weighted by Gasteiger charge is 2.11. The number of aryl methyl sites for hydroxylation is 2. The SMILES string of the molecule is CC(=O)c1csc(NC(=O)c2ccc(-n3nc(C)cc3C)cc2)n1. The first kappa shape index (κ1) is 16.1. The Balaban J connectivity index is 1.76. The topological polar surface area (TPSA) is 76.9 Å². The van der Waals surface area contributed by atoms with E-state index < -0.39 is 0 Å². The second-order valence-corrected chi connectivity index (χ2v) is 6.29. The summed E-state index contributed by atoms with van der Waals surface area (Å²) in [7, 11) is 0. The lowest BCUT2D eigenvalue weighted by Gasteiger charge is -2.06. The van der Waals surface area contributed by atoms with Gasteiger partial charge in [-0.05, 0) is 44.2 Å². The van der Waals surface area contributed by atoms with Gasteiger partial charge in [-0.2, -0.15) is 5.10 Å². The number of ketones is 1. The lowest BCUT2D eigenvalue weighted by molar-refractivity contribution is 0.100. The molecule has 0 unspecified atom stereocenters. The molecule has 0 atom stereocenters. The predicted octanol–water partition coefficient (Wildman–Crippen LogP) is 3.40. The second-order valence-electron chi connectivity index (χ2n) is 5.43. The van der Waals surface area contributed by atoms with E-state index in [9.17, 15) is 9.59 Å². The summed E-state index contributed by atoms with van der Waals surface area (Å²) in [4.78, 5) is 27.6. The number of anilines is 1. The van der Waals surface area contributed by atoms with Gasteiger partial charge in [-0.1, -0.05) is 0 Å². The lowest BCUT2D eigenvalue weighted by atomic mass is 10.2. The summed E-state index contributed by atoms with van der Waals surface area (Å²) in [6, 6.07) is 9.16. The second kappa shape index (κ2) is 6.37. The highest BCUT2D eigenvalue weighted by Crippen LogP contribution is 2.18. The van der Waals surface area contributed by atoms with Crippen LogP contribution in [0.1, 0.15) is 39.2 Å². The Hall–Kier alpha value is -2.80. The van der Waals surface area contributed by atoms with Crippen molar-refractivity contribution in [2.75, 3.05) is 5.32 Å². The van der Waals surface area contributed by atoms with Crippen LogP contribution >= 0.6 is 11.3 Å². The molecule has 0 spiro atoms. The molecule has 6 nitrogen and oxygen atoms in total. The molecule has 1 aromatic carbocycles. The van der Waals surface area contributed by atoms with Crippen molar-refractivity contribution < 1.29 is 9.59 Å². The van der Waals surface area contributed by atoms with Gasteiger partial charge in [-0.25, -0.2) is 9.67 Å².